The van der Waals surface area contributed by atoms with Gasteiger partial charge in [-0.3, -0.25) is 4.90 Å². The minimum atomic E-state index is -0.375. The molecule has 1 aliphatic heterocycles. The van der Waals surface area contributed by atoms with Crippen LogP contribution in [0.4, 0.5) is 10.1 Å². The van der Waals surface area contributed by atoms with Crippen molar-refractivity contribution in [2.45, 2.75) is 0 Å². The van der Waals surface area contributed by atoms with Crippen LogP contribution in [0.15, 0.2) is 6.07 Å². The van der Waals surface area contributed by atoms with E-state index in [2.05, 4.69) is 14.9 Å². The van der Waals surface area contributed by atoms with E-state index in [9.17, 15) is 4.39 Å². The predicted molar refractivity (Wildman–Crippen MR) is 84.2 cm³/mol. The van der Waals surface area contributed by atoms with Gasteiger partial charge in [-0.2, -0.15) is 0 Å². The highest BCUT2D eigenvalue weighted by molar-refractivity contribution is 7.71. The van der Waals surface area contributed by atoms with E-state index in [1.165, 1.54) is 0 Å². The molecule has 0 amide bonds. The molecule has 114 valence electrons. The van der Waals surface area contributed by atoms with E-state index in [0.717, 1.165) is 13.1 Å². The number of H-pyrrole nitrogens is 2. The molecule has 1 fully saturated rings. The topological polar surface area (TPSA) is 58.3 Å². The molecule has 0 atom stereocenters. The van der Waals surface area contributed by atoms with Gasteiger partial charge in [-0.15, -0.1) is 0 Å². The number of nitrogens with zero attached hydrogens (tertiary/aromatic N) is 2. The first-order valence-corrected chi connectivity index (χ1v) is 7.57. The van der Waals surface area contributed by atoms with Gasteiger partial charge in [0.05, 0.1) is 22.8 Å². The maximum absolute atomic E-state index is 14.7. The van der Waals surface area contributed by atoms with Crippen molar-refractivity contribution in [3.05, 3.63) is 21.7 Å². The second-order valence-corrected chi connectivity index (χ2v) is 5.89. The molecule has 1 aromatic carbocycles. The van der Waals surface area contributed by atoms with Gasteiger partial charge in [0.15, 0.2) is 10.6 Å². The minimum Gasteiger partial charge on any atom is -0.395 e. The van der Waals surface area contributed by atoms with Gasteiger partial charge in [0.1, 0.15) is 5.52 Å². The molecule has 0 bridgehead atoms. The molecule has 0 saturated carbocycles. The van der Waals surface area contributed by atoms with Crippen molar-refractivity contribution in [2.24, 2.45) is 0 Å². The van der Waals surface area contributed by atoms with Crippen molar-refractivity contribution >= 4 is 40.5 Å². The van der Waals surface area contributed by atoms with E-state index in [-0.39, 0.29) is 12.4 Å². The Morgan fingerprint density at radius 2 is 2.00 bits per heavy atom. The van der Waals surface area contributed by atoms with Gasteiger partial charge >= 0.3 is 0 Å². The van der Waals surface area contributed by atoms with Crippen LogP contribution >= 0.6 is 23.8 Å². The summed E-state index contributed by atoms with van der Waals surface area (Å²) in [7, 11) is 0. The maximum atomic E-state index is 14.7. The molecule has 1 aliphatic rings. The van der Waals surface area contributed by atoms with Gasteiger partial charge in [0, 0.05) is 32.7 Å². The van der Waals surface area contributed by atoms with Gasteiger partial charge in [0.2, 0.25) is 0 Å². The highest BCUT2D eigenvalue weighted by Gasteiger charge is 2.23. The lowest BCUT2D eigenvalue weighted by atomic mass is 10.2. The summed E-state index contributed by atoms with van der Waals surface area (Å²) >= 11 is 11.2. The molecule has 8 heteroatoms. The fourth-order valence-electron chi connectivity index (χ4n) is 2.72. The molecule has 0 aliphatic carbocycles. The number of piperazine rings is 1. The lowest BCUT2D eigenvalue weighted by Gasteiger charge is -2.36. The standard InChI is InChI=1S/C13H16ClFN4OS/c14-8-7-9-11(17-13(21)16-9)10(15)12(8)19-3-1-18(2-4-19)5-6-20/h7,20H,1-6H2,(H2,16,17,21). The van der Waals surface area contributed by atoms with Gasteiger partial charge in [-0.25, -0.2) is 4.39 Å². The zero-order valence-corrected chi connectivity index (χ0v) is 12.9. The van der Waals surface area contributed by atoms with E-state index in [1.54, 1.807) is 6.07 Å². The maximum Gasteiger partial charge on any atom is 0.175 e. The van der Waals surface area contributed by atoms with Crippen molar-refractivity contribution < 1.29 is 9.50 Å². The summed E-state index contributed by atoms with van der Waals surface area (Å²) in [5, 5.41) is 9.33. The van der Waals surface area contributed by atoms with E-state index in [0.29, 0.717) is 46.1 Å². The summed E-state index contributed by atoms with van der Waals surface area (Å²) in [5.41, 5.74) is 1.35. The Kier molecular flexibility index (Phi) is 4.17. The van der Waals surface area contributed by atoms with E-state index >= 15 is 0 Å². The summed E-state index contributed by atoms with van der Waals surface area (Å²) < 4.78 is 15.1. The number of benzene rings is 1. The third-order valence-electron chi connectivity index (χ3n) is 3.79. The molecular weight excluding hydrogens is 315 g/mol. The van der Waals surface area contributed by atoms with E-state index in [1.807, 2.05) is 4.90 Å². The SMILES string of the molecule is OCCN1CCN(c2c(Cl)cc3[nH]c(=S)[nH]c3c2F)CC1. The Balaban J connectivity index is 1.92. The number of halogens is 2. The average molecular weight is 331 g/mol. The second kappa shape index (κ2) is 5.92. The molecule has 1 aromatic heterocycles. The monoisotopic (exact) mass is 330 g/mol. The zero-order valence-electron chi connectivity index (χ0n) is 11.3. The molecule has 5 nitrogen and oxygen atoms in total. The van der Waals surface area contributed by atoms with Crippen LogP contribution < -0.4 is 4.90 Å². The van der Waals surface area contributed by atoms with Crippen LogP contribution in [0.1, 0.15) is 0 Å². The number of aliphatic hydroxyl groups is 1. The number of anilines is 1. The molecule has 0 radical (unpaired) electrons. The number of aromatic amines is 2. The van der Waals surface area contributed by atoms with Gasteiger partial charge in [-0.05, 0) is 18.3 Å². The average Bonchev–Trinajstić information content (AvgIpc) is 2.82. The quantitative estimate of drug-likeness (QED) is 0.755. The Labute approximate surface area is 131 Å². The van der Waals surface area contributed by atoms with E-state index < -0.39 is 0 Å². The van der Waals surface area contributed by atoms with Crippen LogP contribution in [0.3, 0.4) is 0 Å². The Bertz CT molecular complexity index is 708. The van der Waals surface area contributed by atoms with Crippen LogP contribution in [0.5, 0.6) is 0 Å². The van der Waals surface area contributed by atoms with Gasteiger partial charge in [-0.1, -0.05) is 11.6 Å². The van der Waals surface area contributed by atoms with Crippen molar-refractivity contribution in [1.82, 2.24) is 14.9 Å². The Morgan fingerprint density at radius 3 is 2.67 bits per heavy atom. The first-order chi connectivity index (χ1) is 10.1. The first-order valence-electron chi connectivity index (χ1n) is 6.78. The summed E-state index contributed by atoms with van der Waals surface area (Å²) in [6, 6.07) is 1.70. The number of fused-ring (bicyclic) bond motifs is 1. The summed E-state index contributed by atoms with van der Waals surface area (Å²) in [6.45, 7) is 3.69. The van der Waals surface area contributed by atoms with Crippen molar-refractivity contribution in [3.63, 3.8) is 0 Å². The third-order valence-corrected chi connectivity index (χ3v) is 4.28. The molecule has 2 aromatic rings. The third kappa shape index (κ3) is 2.78. The zero-order chi connectivity index (χ0) is 15.0. The van der Waals surface area contributed by atoms with Crippen molar-refractivity contribution in [3.8, 4) is 0 Å². The number of β-amino-alcohol motifs (C(OH)–C–C–N with tert-alkyl or cyclic N) is 1. The molecular formula is C13H16ClFN4OS. The smallest absolute Gasteiger partial charge is 0.175 e. The van der Waals surface area contributed by atoms with Crippen molar-refractivity contribution in [2.75, 3.05) is 44.2 Å². The molecule has 3 rings (SSSR count). The lowest BCUT2D eigenvalue weighted by molar-refractivity contribution is 0.188. The van der Waals surface area contributed by atoms with Crippen LogP contribution in [0, 0.1) is 10.6 Å². The summed E-state index contributed by atoms with van der Waals surface area (Å²) in [5.74, 6) is -0.375. The Morgan fingerprint density at radius 1 is 1.29 bits per heavy atom. The van der Waals surface area contributed by atoms with Crippen LogP contribution in [0.2, 0.25) is 5.02 Å². The highest BCUT2D eigenvalue weighted by atomic mass is 35.5. The molecule has 1 saturated heterocycles. The first kappa shape index (κ1) is 14.8. The predicted octanol–water partition coefficient (Wildman–Crippen LogP) is 2.13. The largest absolute Gasteiger partial charge is 0.395 e. The number of imidazole rings is 1. The molecule has 0 unspecified atom stereocenters. The Hall–Kier alpha value is -1.15. The minimum absolute atomic E-state index is 0.140. The molecule has 0 spiro atoms. The molecule has 2 heterocycles. The van der Waals surface area contributed by atoms with Gasteiger partial charge < -0.3 is 20.0 Å². The number of aliphatic hydroxyl groups excluding tert-OH is 1. The fourth-order valence-corrected chi connectivity index (χ4v) is 3.25. The fraction of sp³-hybridized carbons (Fsp3) is 0.462. The number of aromatic nitrogens is 2. The van der Waals surface area contributed by atoms with Crippen LogP contribution in [0.25, 0.3) is 11.0 Å². The van der Waals surface area contributed by atoms with Crippen molar-refractivity contribution in [1.29, 1.82) is 0 Å². The summed E-state index contributed by atoms with van der Waals surface area (Å²) in [6.07, 6.45) is 0. The summed E-state index contributed by atoms with van der Waals surface area (Å²) in [4.78, 5) is 9.78. The second-order valence-electron chi connectivity index (χ2n) is 5.07. The molecule has 3 N–H and O–H groups in total. The number of hydrogen-bond acceptors (Lipinski definition) is 4. The van der Waals surface area contributed by atoms with Crippen LogP contribution in [-0.4, -0.2) is 59.3 Å². The van der Waals surface area contributed by atoms with Crippen LogP contribution in [-0.2, 0) is 0 Å². The number of hydrogen-bond donors (Lipinski definition) is 3. The number of nitrogens with one attached hydrogen (secondary N) is 2. The lowest BCUT2D eigenvalue weighted by Crippen LogP contribution is -2.47. The normalized spacial score (nSPS) is 16.8. The van der Waals surface area contributed by atoms with E-state index in [4.69, 9.17) is 28.9 Å². The number of rotatable bonds is 3. The van der Waals surface area contributed by atoms with Gasteiger partial charge in [0.25, 0.3) is 0 Å². The molecule has 21 heavy (non-hydrogen) atoms. The highest BCUT2D eigenvalue weighted by Crippen LogP contribution is 2.34.